The summed E-state index contributed by atoms with van der Waals surface area (Å²) in [6.07, 6.45) is 6.78. The van der Waals surface area contributed by atoms with Gasteiger partial charge in [0.05, 0.1) is 17.8 Å². The molecule has 1 saturated carbocycles. The van der Waals surface area contributed by atoms with Crippen molar-refractivity contribution in [1.29, 1.82) is 0 Å². The van der Waals surface area contributed by atoms with Crippen LogP contribution >= 0.6 is 0 Å². The van der Waals surface area contributed by atoms with Crippen molar-refractivity contribution >= 4 is 5.97 Å². The Morgan fingerprint density at radius 1 is 1.44 bits per heavy atom. The minimum absolute atomic E-state index is 0.0604. The second kappa shape index (κ2) is 5.95. The predicted molar refractivity (Wildman–Crippen MR) is 64.1 cm³/mol. The van der Waals surface area contributed by atoms with Crippen LogP contribution in [0.25, 0.3) is 0 Å². The summed E-state index contributed by atoms with van der Waals surface area (Å²) < 4.78 is 1.75. The molecule has 6 nitrogen and oxygen atoms in total. The van der Waals surface area contributed by atoms with Crippen molar-refractivity contribution in [3.63, 3.8) is 0 Å². The molecule has 0 radical (unpaired) electrons. The van der Waals surface area contributed by atoms with E-state index in [1.165, 1.54) is 0 Å². The zero-order valence-electron chi connectivity index (χ0n) is 10.3. The van der Waals surface area contributed by atoms with Gasteiger partial charge in [0.2, 0.25) is 0 Å². The second-order valence-corrected chi connectivity index (χ2v) is 4.86. The van der Waals surface area contributed by atoms with Crippen LogP contribution in [0, 0.1) is 0 Å². The first kappa shape index (κ1) is 13.0. The molecule has 1 aromatic rings. The van der Waals surface area contributed by atoms with Crippen molar-refractivity contribution in [3.8, 4) is 0 Å². The van der Waals surface area contributed by atoms with Gasteiger partial charge >= 0.3 is 5.97 Å². The maximum atomic E-state index is 10.4. The monoisotopic (exact) mass is 253 g/mol. The number of carbonyl (C=O) groups is 1. The van der Waals surface area contributed by atoms with E-state index in [-0.39, 0.29) is 18.6 Å². The Bertz CT molecular complexity index is 405. The molecular weight excluding hydrogens is 234 g/mol. The third kappa shape index (κ3) is 3.29. The first-order valence-electron chi connectivity index (χ1n) is 6.47. The van der Waals surface area contributed by atoms with Crippen LogP contribution in [0.15, 0.2) is 6.20 Å². The minimum atomic E-state index is -0.757. The Balaban J connectivity index is 1.81. The molecule has 1 heterocycles. The van der Waals surface area contributed by atoms with Gasteiger partial charge in [0.15, 0.2) is 0 Å². The Labute approximate surface area is 106 Å². The molecular formula is C12H19N3O3. The SMILES string of the molecule is O=C(O)CCCCc1cn(C2CCCC2O)nn1. The van der Waals surface area contributed by atoms with Crippen LogP contribution in [0.1, 0.15) is 50.3 Å². The van der Waals surface area contributed by atoms with Gasteiger partial charge in [0.25, 0.3) is 0 Å². The number of hydrogen-bond acceptors (Lipinski definition) is 4. The summed E-state index contributed by atoms with van der Waals surface area (Å²) in [5.41, 5.74) is 0.875. The summed E-state index contributed by atoms with van der Waals surface area (Å²) in [5.74, 6) is -0.757. The number of rotatable bonds is 6. The zero-order valence-corrected chi connectivity index (χ0v) is 10.3. The van der Waals surface area contributed by atoms with Crippen LogP contribution < -0.4 is 0 Å². The molecule has 0 aromatic carbocycles. The molecule has 0 bridgehead atoms. The molecule has 6 heteroatoms. The molecule has 1 fully saturated rings. The number of hydrogen-bond donors (Lipinski definition) is 2. The number of nitrogens with zero attached hydrogens (tertiary/aromatic N) is 3. The highest BCUT2D eigenvalue weighted by Gasteiger charge is 2.27. The Morgan fingerprint density at radius 3 is 2.94 bits per heavy atom. The van der Waals surface area contributed by atoms with Crippen molar-refractivity contribution in [1.82, 2.24) is 15.0 Å². The summed E-state index contributed by atoms with van der Waals surface area (Å²) >= 11 is 0. The van der Waals surface area contributed by atoms with E-state index >= 15 is 0 Å². The van der Waals surface area contributed by atoms with Gasteiger partial charge in [-0.25, -0.2) is 4.68 Å². The molecule has 2 atom stereocenters. The van der Waals surface area contributed by atoms with Gasteiger partial charge in [0, 0.05) is 12.6 Å². The van der Waals surface area contributed by atoms with Crippen molar-refractivity contribution in [2.75, 3.05) is 0 Å². The van der Waals surface area contributed by atoms with Gasteiger partial charge in [-0.15, -0.1) is 5.10 Å². The van der Waals surface area contributed by atoms with E-state index in [4.69, 9.17) is 5.11 Å². The summed E-state index contributed by atoms with van der Waals surface area (Å²) in [4.78, 5) is 10.4. The van der Waals surface area contributed by atoms with Gasteiger partial charge < -0.3 is 10.2 Å². The maximum absolute atomic E-state index is 10.4. The molecule has 0 saturated heterocycles. The number of carboxylic acid groups (broad SMARTS) is 1. The highest BCUT2D eigenvalue weighted by atomic mass is 16.4. The van der Waals surface area contributed by atoms with Crippen LogP contribution in [-0.2, 0) is 11.2 Å². The molecule has 0 amide bonds. The summed E-state index contributed by atoms with van der Waals surface area (Å²) in [6.45, 7) is 0. The van der Waals surface area contributed by atoms with Gasteiger partial charge in [-0.1, -0.05) is 5.21 Å². The Hall–Kier alpha value is -1.43. The molecule has 2 N–H and O–H groups in total. The molecule has 1 aliphatic rings. The van der Waals surface area contributed by atoms with Gasteiger partial charge in [-0.3, -0.25) is 4.79 Å². The normalized spacial score (nSPS) is 23.4. The number of aliphatic hydroxyl groups excluding tert-OH is 1. The standard InChI is InChI=1S/C12H19N3O3/c16-11-6-3-5-10(11)15-8-9(13-14-15)4-1-2-7-12(17)18/h8,10-11,16H,1-7H2,(H,17,18). The molecule has 1 aliphatic carbocycles. The van der Waals surface area contributed by atoms with Crippen molar-refractivity contribution in [2.45, 2.75) is 57.1 Å². The number of carboxylic acids is 1. The fourth-order valence-corrected chi connectivity index (χ4v) is 2.40. The molecule has 100 valence electrons. The van der Waals surface area contributed by atoms with Crippen LogP contribution in [-0.4, -0.2) is 37.3 Å². The van der Waals surface area contributed by atoms with Crippen molar-refractivity contribution < 1.29 is 15.0 Å². The van der Waals surface area contributed by atoms with Crippen LogP contribution in [0.2, 0.25) is 0 Å². The lowest BCUT2D eigenvalue weighted by Gasteiger charge is -2.13. The topological polar surface area (TPSA) is 88.2 Å². The quantitative estimate of drug-likeness (QED) is 0.743. The predicted octanol–water partition coefficient (Wildman–Crippen LogP) is 1.16. The van der Waals surface area contributed by atoms with E-state index < -0.39 is 5.97 Å². The lowest BCUT2D eigenvalue weighted by Crippen LogP contribution is -2.18. The number of aliphatic carboxylic acids is 1. The van der Waals surface area contributed by atoms with E-state index in [0.29, 0.717) is 6.42 Å². The highest BCUT2D eigenvalue weighted by Crippen LogP contribution is 2.29. The lowest BCUT2D eigenvalue weighted by atomic mass is 10.1. The highest BCUT2D eigenvalue weighted by molar-refractivity contribution is 5.66. The summed E-state index contributed by atoms with van der Waals surface area (Å²) in [6, 6.07) is 0.0604. The van der Waals surface area contributed by atoms with Crippen molar-refractivity contribution in [3.05, 3.63) is 11.9 Å². The summed E-state index contributed by atoms with van der Waals surface area (Å²) in [5, 5.41) is 26.4. The van der Waals surface area contributed by atoms with E-state index in [2.05, 4.69) is 10.3 Å². The molecule has 2 unspecified atom stereocenters. The van der Waals surface area contributed by atoms with Crippen LogP contribution in [0.5, 0.6) is 0 Å². The van der Waals surface area contributed by atoms with Crippen LogP contribution in [0.4, 0.5) is 0 Å². The van der Waals surface area contributed by atoms with Crippen LogP contribution in [0.3, 0.4) is 0 Å². The Kier molecular flexibility index (Phi) is 4.30. The average molecular weight is 253 g/mol. The third-order valence-electron chi connectivity index (χ3n) is 3.42. The number of aliphatic hydroxyl groups is 1. The van der Waals surface area contributed by atoms with E-state index in [0.717, 1.165) is 37.8 Å². The molecule has 0 aliphatic heterocycles. The molecule has 0 spiro atoms. The van der Waals surface area contributed by atoms with Gasteiger partial charge in [0.1, 0.15) is 0 Å². The first-order valence-corrected chi connectivity index (χ1v) is 6.47. The smallest absolute Gasteiger partial charge is 0.303 e. The third-order valence-corrected chi connectivity index (χ3v) is 3.42. The van der Waals surface area contributed by atoms with Crippen molar-refractivity contribution in [2.24, 2.45) is 0 Å². The first-order chi connectivity index (χ1) is 8.66. The fourth-order valence-electron chi connectivity index (χ4n) is 2.40. The van der Waals surface area contributed by atoms with E-state index in [1.807, 2.05) is 6.20 Å². The molecule has 1 aromatic heterocycles. The number of aromatic nitrogens is 3. The largest absolute Gasteiger partial charge is 0.481 e. The molecule has 18 heavy (non-hydrogen) atoms. The van der Waals surface area contributed by atoms with E-state index in [9.17, 15) is 9.90 Å². The number of aryl methyl sites for hydroxylation is 1. The summed E-state index contributed by atoms with van der Waals surface area (Å²) in [7, 11) is 0. The fraction of sp³-hybridized carbons (Fsp3) is 0.750. The van der Waals surface area contributed by atoms with Gasteiger partial charge in [-0.05, 0) is 38.5 Å². The Morgan fingerprint density at radius 2 is 2.28 bits per heavy atom. The number of unbranched alkanes of at least 4 members (excludes halogenated alkanes) is 1. The van der Waals surface area contributed by atoms with Gasteiger partial charge in [-0.2, -0.15) is 0 Å². The molecule has 2 rings (SSSR count). The zero-order chi connectivity index (χ0) is 13.0. The second-order valence-electron chi connectivity index (χ2n) is 4.86. The minimum Gasteiger partial charge on any atom is -0.481 e. The maximum Gasteiger partial charge on any atom is 0.303 e. The van der Waals surface area contributed by atoms with E-state index in [1.54, 1.807) is 4.68 Å². The average Bonchev–Trinajstić information content (AvgIpc) is 2.92. The lowest BCUT2D eigenvalue weighted by molar-refractivity contribution is -0.137.